The number of hydrogen-bond acceptors (Lipinski definition) is 3. The van der Waals surface area contributed by atoms with E-state index < -0.39 is 0 Å². The average Bonchev–Trinajstić information content (AvgIpc) is 3.35. The van der Waals surface area contributed by atoms with E-state index in [0.29, 0.717) is 13.2 Å². The molecule has 0 saturated carbocycles. The Labute approximate surface area is 159 Å². The molecule has 27 heavy (non-hydrogen) atoms. The van der Waals surface area contributed by atoms with Crippen LogP contribution < -0.4 is 14.8 Å². The molecule has 1 saturated heterocycles. The van der Waals surface area contributed by atoms with Crippen molar-refractivity contribution in [1.82, 2.24) is 10.2 Å². The number of benzene rings is 2. The van der Waals surface area contributed by atoms with E-state index in [4.69, 9.17) is 9.47 Å². The minimum Gasteiger partial charge on any atom is -0.486 e. The third-order valence-electron chi connectivity index (χ3n) is 5.90. The molecule has 5 nitrogen and oxygen atoms in total. The van der Waals surface area contributed by atoms with Crippen LogP contribution in [-0.2, 0) is 6.42 Å². The molecule has 0 spiro atoms. The monoisotopic (exact) mass is 364 g/mol. The maximum atomic E-state index is 13.0. The van der Waals surface area contributed by atoms with E-state index >= 15 is 0 Å². The lowest BCUT2D eigenvalue weighted by Gasteiger charge is -2.28. The van der Waals surface area contributed by atoms with Crippen LogP contribution in [0.1, 0.15) is 48.0 Å². The number of amides is 2. The van der Waals surface area contributed by atoms with Crippen molar-refractivity contribution in [3.63, 3.8) is 0 Å². The summed E-state index contributed by atoms with van der Waals surface area (Å²) in [6.45, 7) is 1.96. The Morgan fingerprint density at radius 1 is 1.04 bits per heavy atom. The highest BCUT2D eigenvalue weighted by Gasteiger charge is 2.33. The third-order valence-corrected chi connectivity index (χ3v) is 5.90. The largest absolute Gasteiger partial charge is 0.486 e. The number of ether oxygens (including phenoxy) is 2. The van der Waals surface area contributed by atoms with Crippen molar-refractivity contribution in [2.75, 3.05) is 19.8 Å². The van der Waals surface area contributed by atoms with Crippen LogP contribution in [0, 0.1) is 0 Å². The van der Waals surface area contributed by atoms with Gasteiger partial charge in [-0.2, -0.15) is 0 Å². The van der Waals surface area contributed by atoms with Gasteiger partial charge >= 0.3 is 6.03 Å². The lowest BCUT2D eigenvalue weighted by Crippen LogP contribution is -2.40. The van der Waals surface area contributed by atoms with Crippen LogP contribution in [0.2, 0.25) is 0 Å². The molecule has 0 aromatic heterocycles. The van der Waals surface area contributed by atoms with Gasteiger partial charge in [0.05, 0.1) is 12.1 Å². The SMILES string of the molecule is O=C(NC1CCc2ccccc21)N1CCCC1c1ccc2c(c1)OCCO2. The van der Waals surface area contributed by atoms with Crippen LogP contribution in [0.15, 0.2) is 42.5 Å². The number of urea groups is 1. The maximum absolute atomic E-state index is 13.0. The summed E-state index contributed by atoms with van der Waals surface area (Å²) in [7, 11) is 0. The molecule has 2 unspecified atom stereocenters. The van der Waals surface area contributed by atoms with Gasteiger partial charge in [-0.25, -0.2) is 4.79 Å². The first-order valence-electron chi connectivity index (χ1n) is 9.84. The second kappa shape index (κ2) is 6.80. The van der Waals surface area contributed by atoms with Crippen LogP contribution in [-0.4, -0.2) is 30.7 Å². The normalized spacial score (nSPS) is 23.2. The predicted octanol–water partition coefficient (Wildman–Crippen LogP) is 3.99. The number of carbonyl (C=O) groups excluding carboxylic acids is 1. The van der Waals surface area contributed by atoms with Crippen molar-refractivity contribution in [3.05, 3.63) is 59.2 Å². The summed E-state index contributed by atoms with van der Waals surface area (Å²) in [4.78, 5) is 15.0. The number of nitrogens with one attached hydrogen (secondary N) is 1. The van der Waals surface area contributed by atoms with Gasteiger partial charge in [0.15, 0.2) is 11.5 Å². The molecule has 2 aliphatic heterocycles. The average molecular weight is 364 g/mol. The van der Waals surface area contributed by atoms with Crippen LogP contribution in [0.25, 0.3) is 0 Å². The van der Waals surface area contributed by atoms with Gasteiger partial charge in [0.1, 0.15) is 13.2 Å². The van der Waals surface area contributed by atoms with E-state index in [1.807, 2.05) is 17.0 Å². The van der Waals surface area contributed by atoms with Crippen LogP contribution >= 0.6 is 0 Å². The molecule has 3 aliphatic rings. The Morgan fingerprint density at radius 3 is 2.81 bits per heavy atom. The number of rotatable bonds is 2. The first-order valence-corrected chi connectivity index (χ1v) is 9.84. The highest BCUT2D eigenvalue weighted by atomic mass is 16.6. The van der Waals surface area contributed by atoms with Crippen LogP contribution in [0.4, 0.5) is 4.79 Å². The molecule has 2 aromatic rings. The Morgan fingerprint density at radius 2 is 1.89 bits per heavy atom. The van der Waals surface area contributed by atoms with Crippen molar-refractivity contribution < 1.29 is 14.3 Å². The van der Waals surface area contributed by atoms with Crippen molar-refractivity contribution in [2.24, 2.45) is 0 Å². The van der Waals surface area contributed by atoms with Gasteiger partial charge in [-0.05, 0) is 54.5 Å². The van der Waals surface area contributed by atoms with Gasteiger partial charge in [-0.1, -0.05) is 30.3 Å². The zero-order chi connectivity index (χ0) is 18.2. The van der Waals surface area contributed by atoms with Crippen molar-refractivity contribution in [1.29, 1.82) is 0 Å². The molecule has 140 valence electrons. The molecular weight excluding hydrogens is 340 g/mol. The van der Waals surface area contributed by atoms with Gasteiger partial charge in [-0.3, -0.25) is 0 Å². The fraction of sp³-hybridized carbons (Fsp3) is 0.409. The third kappa shape index (κ3) is 3.01. The fourth-order valence-electron chi connectivity index (χ4n) is 4.56. The highest BCUT2D eigenvalue weighted by Crippen LogP contribution is 2.38. The van der Waals surface area contributed by atoms with Crippen molar-refractivity contribution in [3.8, 4) is 11.5 Å². The molecular formula is C22H24N2O3. The van der Waals surface area contributed by atoms with E-state index in [1.54, 1.807) is 0 Å². The Kier molecular flexibility index (Phi) is 4.15. The van der Waals surface area contributed by atoms with Gasteiger partial charge in [-0.15, -0.1) is 0 Å². The summed E-state index contributed by atoms with van der Waals surface area (Å²) in [5.41, 5.74) is 3.74. The van der Waals surface area contributed by atoms with E-state index in [2.05, 4.69) is 35.6 Å². The topological polar surface area (TPSA) is 50.8 Å². The van der Waals surface area contributed by atoms with E-state index in [-0.39, 0.29) is 18.1 Å². The molecule has 2 atom stereocenters. The quantitative estimate of drug-likeness (QED) is 0.877. The zero-order valence-corrected chi connectivity index (χ0v) is 15.3. The summed E-state index contributed by atoms with van der Waals surface area (Å²) >= 11 is 0. The van der Waals surface area contributed by atoms with Crippen molar-refractivity contribution >= 4 is 6.03 Å². The summed E-state index contributed by atoms with van der Waals surface area (Å²) in [6.07, 6.45) is 4.02. The number of nitrogens with zero attached hydrogens (tertiary/aromatic N) is 1. The van der Waals surface area contributed by atoms with E-state index in [1.165, 1.54) is 11.1 Å². The zero-order valence-electron chi connectivity index (χ0n) is 15.3. The molecule has 5 rings (SSSR count). The Hall–Kier alpha value is -2.69. The number of hydrogen-bond donors (Lipinski definition) is 1. The lowest BCUT2D eigenvalue weighted by atomic mass is 10.0. The maximum Gasteiger partial charge on any atom is 0.318 e. The molecule has 0 bridgehead atoms. The lowest BCUT2D eigenvalue weighted by molar-refractivity contribution is 0.170. The first-order chi connectivity index (χ1) is 13.3. The molecule has 2 amide bonds. The predicted molar refractivity (Wildman–Crippen MR) is 102 cm³/mol. The molecule has 5 heteroatoms. The Balaban J connectivity index is 1.33. The molecule has 0 radical (unpaired) electrons. The number of fused-ring (bicyclic) bond motifs is 2. The first kappa shape index (κ1) is 16.5. The molecule has 1 fully saturated rings. The smallest absolute Gasteiger partial charge is 0.318 e. The standard InChI is InChI=1S/C22H24N2O3/c25-22(23-18-9-7-15-4-1-2-5-17(15)18)24-11-3-6-19(24)16-8-10-20-21(14-16)27-13-12-26-20/h1-2,4-5,8,10,14,18-19H,3,6-7,9,11-13H2,(H,23,25). The molecule has 2 aromatic carbocycles. The number of carbonyl (C=O) groups is 1. The number of aryl methyl sites for hydroxylation is 1. The van der Waals surface area contributed by atoms with Crippen molar-refractivity contribution in [2.45, 2.75) is 37.8 Å². The minimum absolute atomic E-state index is 0.0362. The fourth-order valence-corrected chi connectivity index (χ4v) is 4.56. The van der Waals surface area contributed by atoms with Crippen LogP contribution in [0.5, 0.6) is 11.5 Å². The van der Waals surface area contributed by atoms with E-state index in [9.17, 15) is 4.79 Å². The van der Waals surface area contributed by atoms with Gasteiger partial charge in [0.2, 0.25) is 0 Å². The van der Waals surface area contributed by atoms with Crippen LogP contribution in [0.3, 0.4) is 0 Å². The number of likely N-dealkylation sites (tertiary alicyclic amines) is 1. The minimum atomic E-state index is 0.0362. The van der Waals surface area contributed by atoms with Gasteiger partial charge in [0.25, 0.3) is 0 Å². The summed E-state index contributed by atoms with van der Waals surface area (Å²) in [5, 5.41) is 3.27. The highest BCUT2D eigenvalue weighted by molar-refractivity contribution is 5.76. The van der Waals surface area contributed by atoms with Gasteiger partial charge in [0, 0.05) is 6.54 Å². The Bertz CT molecular complexity index is 866. The second-order valence-corrected chi connectivity index (χ2v) is 7.49. The molecule has 2 heterocycles. The second-order valence-electron chi connectivity index (χ2n) is 7.49. The summed E-state index contributed by atoms with van der Waals surface area (Å²) < 4.78 is 11.3. The summed E-state index contributed by atoms with van der Waals surface area (Å²) in [6, 6.07) is 14.7. The summed E-state index contributed by atoms with van der Waals surface area (Å²) in [5.74, 6) is 1.58. The molecule has 1 N–H and O–H groups in total. The molecule has 1 aliphatic carbocycles. The van der Waals surface area contributed by atoms with E-state index in [0.717, 1.165) is 49.3 Å². The van der Waals surface area contributed by atoms with Gasteiger partial charge < -0.3 is 19.7 Å².